The third-order valence-electron chi connectivity index (χ3n) is 7.10. The summed E-state index contributed by atoms with van der Waals surface area (Å²) in [6.45, 7) is 4.94. The van der Waals surface area contributed by atoms with Gasteiger partial charge in [0.2, 0.25) is 0 Å². The second kappa shape index (κ2) is 9.75. The average molecular weight is 458 g/mol. The van der Waals surface area contributed by atoms with Crippen LogP contribution < -0.4 is 5.69 Å². The van der Waals surface area contributed by atoms with E-state index in [2.05, 4.69) is 51.7 Å². The predicted octanol–water partition coefficient (Wildman–Crippen LogP) is 4.64. The highest BCUT2D eigenvalue weighted by Crippen LogP contribution is 2.35. The molecular weight excluding hydrogens is 426 g/mol. The van der Waals surface area contributed by atoms with E-state index >= 15 is 0 Å². The Balaban J connectivity index is 1.57. The summed E-state index contributed by atoms with van der Waals surface area (Å²) >= 11 is 0. The zero-order valence-corrected chi connectivity index (χ0v) is 19.8. The summed E-state index contributed by atoms with van der Waals surface area (Å²) in [5, 5.41) is 14.5. The van der Waals surface area contributed by atoms with Crippen LogP contribution in [0.2, 0.25) is 0 Å². The topological polar surface area (TPSA) is 94.3 Å². The molecule has 1 aliphatic rings. The van der Waals surface area contributed by atoms with E-state index in [1.54, 1.807) is 6.20 Å². The number of nitrogens with one attached hydrogen (secondary N) is 1. The average Bonchev–Trinajstić information content (AvgIpc) is 3.60. The van der Waals surface area contributed by atoms with Gasteiger partial charge in [-0.15, -0.1) is 5.10 Å². The zero-order valence-electron chi connectivity index (χ0n) is 19.8. The summed E-state index contributed by atoms with van der Waals surface area (Å²) in [7, 11) is 0. The van der Waals surface area contributed by atoms with Crippen molar-refractivity contribution in [2.24, 2.45) is 5.92 Å². The first-order valence-corrected chi connectivity index (χ1v) is 12.2. The van der Waals surface area contributed by atoms with Gasteiger partial charge in [0.1, 0.15) is 0 Å². The largest absolute Gasteiger partial charge is 0.328 e. The first-order chi connectivity index (χ1) is 16.7. The Labute approximate surface area is 199 Å². The first-order valence-electron chi connectivity index (χ1n) is 12.2. The SMILES string of the molecule is CCCCc1cn(C2CCCC2C)c(=O)n1Cc1cnccc1-c1ccccc1-c1nnn[nH]1. The molecule has 1 fully saturated rings. The van der Waals surface area contributed by atoms with Crippen molar-refractivity contribution in [1.82, 2.24) is 34.7 Å². The molecule has 3 aromatic heterocycles. The fourth-order valence-corrected chi connectivity index (χ4v) is 5.23. The van der Waals surface area contributed by atoms with E-state index < -0.39 is 0 Å². The third-order valence-corrected chi connectivity index (χ3v) is 7.10. The molecule has 176 valence electrons. The van der Waals surface area contributed by atoms with Crippen molar-refractivity contribution in [3.63, 3.8) is 0 Å². The van der Waals surface area contributed by atoms with Crippen LogP contribution in [0.15, 0.2) is 53.7 Å². The van der Waals surface area contributed by atoms with Crippen LogP contribution in [0.1, 0.15) is 63.3 Å². The number of benzene rings is 1. The Morgan fingerprint density at radius 2 is 1.97 bits per heavy atom. The van der Waals surface area contributed by atoms with Gasteiger partial charge >= 0.3 is 5.69 Å². The molecule has 1 aromatic carbocycles. The molecule has 0 saturated heterocycles. The second-order valence-corrected chi connectivity index (χ2v) is 9.30. The van der Waals surface area contributed by atoms with E-state index in [0.29, 0.717) is 24.3 Å². The minimum absolute atomic E-state index is 0.0902. The monoisotopic (exact) mass is 457 g/mol. The number of rotatable bonds is 8. The van der Waals surface area contributed by atoms with Crippen LogP contribution in [0, 0.1) is 5.92 Å². The lowest BCUT2D eigenvalue weighted by Gasteiger charge is -2.16. The van der Waals surface area contributed by atoms with Crippen molar-refractivity contribution >= 4 is 0 Å². The molecule has 0 radical (unpaired) electrons. The highest BCUT2D eigenvalue weighted by Gasteiger charge is 2.28. The van der Waals surface area contributed by atoms with Crippen molar-refractivity contribution in [2.45, 2.75) is 65.0 Å². The Kier molecular flexibility index (Phi) is 6.38. The Bertz CT molecular complexity index is 1300. The Hall–Kier alpha value is -3.55. The van der Waals surface area contributed by atoms with Gasteiger partial charge in [0.15, 0.2) is 5.82 Å². The number of aryl methyl sites for hydroxylation is 1. The van der Waals surface area contributed by atoms with Crippen LogP contribution in [-0.2, 0) is 13.0 Å². The molecule has 4 aromatic rings. The normalized spacial score (nSPS) is 17.9. The molecule has 1 N–H and O–H groups in total. The number of aromatic amines is 1. The van der Waals surface area contributed by atoms with Gasteiger partial charge in [-0.1, -0.05) is 51.0 Å². The summed E-state index contributed by atoms with van der Waals surface area (Å²) in [5.74, 6) is 1.14. The molecular formula is C26H31N7O. The van der Waals surface area contributed by atoms with Gasteiger partial charge in [-0.3, -0.25) is 14.1 Å². The zero-order chi connectivity index (χ0) is 23.5. The fraction of sp³-hybridized carbons (Fsp3) is 0.423. The third kappa shape index (κ3) is 4.20. The van der Waals surface area contributed by atoms with E-state index in [9.17, 15) is 4.79 Å². The standard InChI is InChI=1S/C26H31N7O/c1-3-4-9-20-17-33(24-12-7-8-18(24)2)26(34)32(20)16-19-15-27-14-13-21(19)22-10-5-6-11-23(22)25-28-30-31-29-25/h5-6,10-11,13-15,17-18,24H,3-4,7-9,12,16H2,1-2H3,(H,28,29,30,31). The van der Waals surface area contributed by atoms with Gasteiger partial charge in [-0.05, 0) is 64.8 Å². The molecule has 0 spiro atoms. The molecule has 0 bridgehead atoms. The maximum absolute atomic E-state index is 13.7. The number of unbranched alkanes of at least 4 members (excludes halogenated alkanes) is 1. The van der Waals surface area contributed by atoms with E-state index in [1.165, 1.54) is 12.8 Å². The van der Waals surface area contributed by atoms with Crippen molar-refractivity contribution in [1.29, 1.82) is 0 Å². The maximum atomic E-state index is 13.7. The van der Waals surface area contributed by atoms with Gasteiger partial charge < -0.3 is 0 Å². The summed E-state index contributed by atoms with van der Waals surface area (Å²) in [6, 6.07) is 10.3. The van der Waals surface area contributed by atoms with E-state index in [0.717, 1.165) is 53.6 Å². The summed E-state index contributed by atoms with van der Waals surface area (Å²) in [5.41, 5.74) is 5.14. The minimum Gasteiger partial charge on any atom is -0.296 e. The number of hydrogen-bond donors (Lipinski definition) is 1. The molecule has 34 heavy (non-hydrogen) atoms. The highest BCUT2D eigenvalue weighted by molar-refractivity contribution is 5.81. The second-order valence-electron chi connectivity index (χ2n) is 9.30. The molecule has 0 amide bonds. The van der Waals surface area contributed by atoms with Crippen molar-refractivity contribution in [3.8, 4) is 22.5 Å². The number of tetrazole rings is 1. The van der Waals surface area contributed by atoms with Gasteiger partial charge in [0, 0.05) is 35.9 Å². The van der Waals surface area contributed by atoms with Crippen LogP contribution in [0.4, 0.5) is 0 Å². The predicted molar refractivity (Wildman–Crippen MR) is 131 cm³/mol. The lowest BCUT2D eigenvalue weighted by Crippen LogP contribution is -2.29. The number of aromatic nitrogens is 7. The molecule has 0 aliphatic heterocycles. The van der Waals surface area contributed by atoms with Gasteiger partial charge in [-0.25, -0.2) is 9.89 Å². The maximum Gasteiger partial charge on any atom is 0.328 e. The van der Waals surface area contributed by atoms with Crippen LogP contribution in [0.25, 0.3) is 22.5 Å². The summed E-state index contributed by atoms with van der Waals surface area (Å²) < 4.78 is 3.96. The lowest BCUT2D eigenvalue weighted by molar-refractivity contribution is 0.394. The van der Waals surface area contributed by atoms with Crippen molar-refractivity contribution < 1.29 is 0 Å². The number of H-pyrrole nitrogens is 1. The van der Waals surface area contributed by atoms with Crippen LogP contribution in [0.3, 0.4) is 0 Å². The summed E-state index contributed by atoms with van der Waals surface area (Å²) in [6.07, 6.45) is 12.3. The fourth-order valence-electron chi connectivity index (χ4n) is 5.23. The van der Waals surface area contributed by atoms with Crippen molar-refractivity contribution in [2.75, 3.05) is 0 Å². The van der Waals surface area contributed by atoms with Crippen LogP contribution in [-0.4, -0.2) is 34.7 Å². The van der Waals surface area contributed by atoms with Crippen molar-refractivity contribution in [3.05, 3.63) is 70.7 Å². The van der Waals surface area contributed by atoms with E-state index in [-0.39, 0.29) is 5.69 Å². The lowest BCUT2D eigenvalue weighted by atomic mass is 9.96. The molecule has 5 rings (SSSR count). The molecule has 8 nitrogen and oxygen atoms in total. The Morgan fingerprint density at radius 1 is 1.12 bits per heavy atom. The molecule has 1 aliphatic carbocycles. The first kappa shape index (κ1) is 22.3. The Morgan fingerprint density at radius 3 is 2.71 bits per heavy atom. The quantitative estimate of drug-likeness (QED) is 0.416. The molecule has 3 heterocycles. The van der Waals surface area contributed by atoms with Gasteiger partial charge in [-0.2, -0.15) is 0 Å². The van der Waals surface area contributed by atoms with Crippen LogP contribution >= 0.6 is 0 Å². The number of imidazole rings is 1. The van der Waals surface area contributed by atoms with Crippen LogP contribution in [0.5, 0.6) is 0 Å². The summed E-state index contributed by atoms with van der Waals surface area (Å²) in [4.78, 5) is 18.1. The minimum atomic E-state index is 0.0902. The van der Waals surface area contributed by atoms with Gasteiger partial charge in [0.25, 0.3) is 0 Å². The number of hydrogen-bond acceptors (Lipinski definition) is 5. The number of pyridine rings is 1. The molecule has 2 atom stereocenters. The molecule has 2 unspecified atom stereocenters. The van der Waals surface area contributed by atoms with Gasteiger partial charge in [0.05, 0.1) is 6.54 Å². The molecule has 8 heteroatoms. The molecule has 1 saturated carbocycles. The highest BCUT2D eigenvalue weighted by atomic mass is 16.1. The smallest absolute Gasteiger partial charge is 0.296 e. The number of nitrogens with zero attached hydrogens (tertiary/aromatic N) is 6. The van der Waals surface area contributed by atoms with E-state index in [1.807, 2.05) is 39.6 Å². The van der Waals surface area contributed by atoms with E-state index in [4.69, 9.17) is 0 Å².